The number of ether oxygens (including phenoxy) is 2. The van der Waals surface area contributed by atoms with E-state index in [2.05, 4.69) is 57.5 Å². The number of hydrogen-bond donors (Lipinski definition) is 0. The lowest BCUT2D eigenvalue weighted by atomic mass is 9.79. The Balaban J connectivity index is 0.000000270. The lowest BCUT2D eigenvalue weighted by Crippen LogP contribution is -2.41. The van der Waals surface area contributed by atoms with Gasteiger partial charge in [-0.15, -0.1) is 0 Å². The zero-order valence-corrected chi connectivity index (χ0v) is 23.4. The number of unbranched alkanes of at least 4 members (excludes halogenated alkanes) is 4. The van der Waals surface area contributed by atoms with E-state index < -0.39 is 0 Å². The van der Waals surface area contributed by atoms with Gasteiger partial charge in [-0.3, -0.25) is 0 Å². The molecule has 0 bridgehead atoms. The largest absolute Gasteiger partial charge is 0.494 e. The van der Waals surface area contributed by atoms with E-state index in [-0.39, 0.29) is 18.3 Å². The summed E-state index contributed by atoms with van der Waals surface area (Å²) in [6.07, 6.45) is 7.17. The van der Waals surface area contributed by atoms with E-state index >= 15 is 0 Å². The summed E-state index contributed by atoms with van der Waals surface area (Å²) in [5.74, 6) is 1.87. The highest BCUT2D eigenvalue weighted by atomic mass is 79.9. The van der Waals surface area contributed by atoms with Crippen LogP contribution in [0.25, 0.3) is 0 Å². The van der Waals surface area contributed by atoms with Crippen molar-refractivity contribution in [2.45, 2.75) is 91.3 Å². The second kappa shape index (κ2) is 14.2. The Hall–Kier alpha value is -1.50. The minimum atomic E-state index is -0.302. The standard InChI is InChI=1S/C17H27BO3.C11H15BrO/c1-6-7-8-13-19-15-11-9-14(10-12-15)18-20-16(2,3)17(4,5)21-18;1-2-3-4-9-13-11-7-5-10(12)6-8-11/h9-12H,6-8,13H2,1-5H3;5-8H,2-4,9H2,1H3. The third-order valence-corrected chi connectivity index (χ3v) is 6.78. The van der Waals surface area contributed by atoms with Crippen LogP contribution in [0, 0.1) is 0 Å². The van der Waals surface area contributed by atoms with Crippen LogP contribution in [0.5, 0.6) is 11.5 Å². The van der Waals surface area contributed by atoms with Gasteiger partial charge in [0.25, 0.3) is 0 Å². The highest BCUT2D eigenvalue weighted by molar-refractivity contribution is 9.10. The van der Waals surface area contributed by atoms with Crippen LogP contribution in [0.4, 0.5) is 0 Å². The molecule has 4 nitrogen and oxygen atoms in total. The smallest absolute Gasteiger partial charge is 0.494 e. The summed E-state index contributed by atoms with van der Waals surface area (Å²) in [6, 6.07) is 16.0. The normalized spacial score (nSPS) is 16.0. The summed E-state index contributed by atoms with van der Waals surface area (Å²) in [6.45, 7) is 14.3. The van der Waals surface area contributed by atoms with Gasteiger partial charge in [0, 0.05) is 4.47 Å². The Bertz CT molecular complexity index is 805. The fourth-order valence-electron chi connectivity index (χ4n) is 3.32. The molecule has 2 aromatic rings. The summed E-state index contributed by atoms with van der Waals surface area (Å²) in [5.41, 5.74) is 0.439. The Morgan fingerprint density at radius 1 is 0.676 bits per heavy atom. The van der Waals surface area contributed by atoms with Gasteiger partial charge in [-0.05, 0) is 82.4 Å². The fourth-order valence-corrected chi connectivity index (χ4v) is 3.58. The molecule has 1 aliphatic rings. The van der Waals surface area contributed by atoms with E-state index in [4.69, 9.17) is 18.8 Å². The van der Waals surface area contributed by atoms with Crippen molar-refractivity contribution in [3.63, 3.8) is 0 Å². The summed E-state index contributed by atoms with van der Waals surface area (Å²) >= 11 is 3.38. The zero-order chi connectivity index (χ0) is 25.0. The molecule has 1 aliphatic heterocycles. The molecular weight excluding hydrogens is 491 g/mol. The third kappa shape index (κ3) is 9.28. The molecule has 0 spiro atoms. The van der Waals surface area contributed by atoms with Crippen LogP contribution in [-0.2, 0) is 9.31 Å². The molecular formula is C28H42BBrO4. The quantitative estimate of drug-likeness (QED) is 0.221. The molecule has 3 rings (SSSR count). The van der Waals surface area contributed by atoms with Gasteiger partial charge in [-0.25, -0.2) is 0 Å². The fraction of sp³-hybridized carbons (Fsp3) is 0.571. The predicted molar refractivity (Wildman–Crippen MR) is 146 cm³/mol. The molecule has 188 valence electrons. The number of benzene rings is 2. The summed E-state index contributed by atoms with van der Waals surface area (Å²) in [7, 11) is -0.302. The van der Waals surface area contributed by atoms with Crippen molar-refractivity contribution in [1.82, 2.24) is 0 Å². The Morgan fingerprint density at radius 3 is 1.50 bits per heavy atom. The van der Waals surface area contributed by atoms with Gasteiger partial charge in [0.15, 0.2) is 0 Å². The highest BCUT2D eigenvalue weighted by Gasteiger charge is 2.51. The number of hydrogen-bond acceptors (Lipinski definition) is 4. The molecule has 6 heteroatoms. The molecule has 0 aromatic heterocycles. The predicted octanol–water partition coefficient (Wildman–Crippen LogP) is 7.57. The Morgan fingerprint density at radius 2 is 1.09 bits per heavy atom. The van der Waals surface area contributed by atoms with Gasteiger partial charge in [-0.1, -0.05) is 67.6 Å². The second-order valence-electron chi connectivity index (χ2n) is 9.72. The maximum absolute atomic E-state index is 6.04. The number of halogens is 1. The van der Waals surface area contributed by atoms with Crippen LogP contribution in [0.3, 0.4) is 0 Å². The van der Waals surface area contributed by atoms with Gasteiger partial charge >= 0.3 is 7.12 Å². The summed E-state index contributed by atoms with van der Waals surface area (Å²) in [5, 5.41) is 0. The first-order chi connectivity index (χ1) is 16.2. The third-order valence-electron chi connectivity index (χ3n) is 6.25. The van der Waals surface area contributed by atoms with Crippen molar-refractivity contribution in [2.75, 3.05) is 13.2 Å². The first-order valence-corrected chi connectivity index (χ1v) is 13.4. The van der Waals surface area contributed by atoms with Crippen molar-refractivity contribution in [3.05, 3.63) is 53.0 Å². The van der Waals surface area contributed by atoms with Crippen LogP contribution in [0.2, 0.25) is 0 Å². The van der Waals surface area contributed by atoms with Crippen LogP contribution in [0.15, 0.2) is 53.0 Å². The maximum Gasteiger partial charge on any atom is 0.494 e. The SMILES string of the molecule is CCCCCOc1ccc(B2OC(C)(C)C(C)(C)O2)cc1.CCCCCOc1ccc(Br)cc1. The number of rotatable bonds is 11. The van der Waals surface area contributed by atoms with E-state index in [1.807, 2.05) is 48.5 Å². The van der Waals surface area contributed by atoms with Gasteiger partial charge in [-0.2, -0.15) is 0 Å². The van der Waals surface area contributed by atoms with Crippen molar-refractivity contribution < 1.29 is 18.8 Å². The molecule has 1 saturated heterocycles. The van der Waals surface area contributed by atoms with E-state index in [1.165, 1.54) is 25.7 Å². The highest BCUT2D eigenvalue weighted by Crippen LogP contribution is 2.36. The van der Waals surface area contributed by atoms with Crippen LogP contribution in [-0.4, -0.2) is 31.5 Å². The van der Waals surface area contributed by atoms with E-state index in [0.717, 1.165) is 47.5 Å². The van der Waals surface area contributed by atoms with Gasteiger partial charge in [0.1, 0.15) is 11.5 Å². The molecule has 2 aromatic carbocycles. The molecule has 0 N–H and O–H groups in total. The molecule has 0 atom stereocenters. The molecule has 1 fully saturated rings. The molecule has 34 heavy (non-hydrogen) atoms. The van der Waals surface area contributed by atoms with Crippen molar-refractivity contribution in [1.29, 1.82) is 0 Å². The first-order valence-electron chi connectivity index (χ1n) is 12.6. The summed E-state index contributed by atoms with van der Waals surface area (Å²) in [4.78, 5) is 0. The molecule has 0 saturated carbocycles. The van der Waals surface area contributed by atoms with E-state index in [0.29, 0.717) is 0 Å². The second-order valence-corrected chi connectivity index (χ2v) is 10.6. The van der Waals surface area contributed by atoms with Crippen molar-refractivity contribution in [3.8, 4) is 11.5 Å². The zero-order valence-electron chi connectivity index (χ0n) is 21.9. The van der Waals surface area contributed by atoms with Gasteiger partial charge in [0.05, 0.1) is 24.4 Å². The van der Waals surface area contributed by atoms with E-state index in [9.17, 15) is 0 Å². The molecule has 0 unspecified atom stereocenters. The van der Waals surface area contributed by atoms with Gasteiger partial charge < -0.3 is 18.8 Å². The maximum atomic E-state index is 6.04. The average molecular weight is 533 g/mol. The lowest BCUT2D eigenvalue weighted by Gasteiger charge is -2.32. The van der Waals surface area contributed by atoms with Gasteiger partial charge in [0.2, 0.25) is 0 Å². The Labute approximate surface area is 216 Å². The first kappa shape index (κ1) is 28.7. The molecule has 1 heterocycles. The minimum Gasteiger partial charge on any atom is -0.494 e. The van der Waals surface area contributed by atoms with Crippen molar-refractivity contribution in [2.24, 2.45) is 0 Å². The van der Waals surface area contributed by atoms with E-state index in [1.54, 1.807) is 0 Å². The van der Waals surface area contributed by atoms with Crippen molar-refractivity contribution >= 4 is 28.5 Å². The topological polar surface area (TPSA) is 36.9 Å². The summed E-state index contributed by atoms with van der Waals surface area (Å²) < 4.78 is 24.4. The van der Waals surface area contributed by atoms with Crippen LogP contribution < -0.4 is 14.9 Å². The average Bonchev–Trinajstić information content (AvgIpc) is 3.03. The van der Waals surface area contributed by atoms with Crippen LogP contribution >= 0.6 is 15.9 Å². The minimum absolute atomic E-state index is 0.299. The van der Waals surface area contributed by atoms with Crippen LogP contribution in [0.1, 0.15) is 80.1 Å². The monoisotopic (exact) mass is 532 g/mol. The molecule has 0 amide bonds. The Kier molecular flexibility index (Phi) is 12.0. The lowest BCUT2D eigenvalue weighted by molar-refractivity contribution is 0.00578. The molecule has 0 radical (unpaired) electrons. The molecule has 0 aliphatic carbocycles.